The maximum Gasteiger partial charge on any atom is 0.404 e. The normalized spacial score (nSPS) is 11.7. The van der Waals surface area contributed by atoms with E-state index in [9.17, 15) is 14.8 Å². The van der Waals surface area contributed by atoms with E-state index in [2.05, 4.69) is 15.6 Å². The molecule has 202 valence electrons. The van der Waals surface area contributed by atoms with Crippen molar-refractivity contribution in [3.05, 3.63) is 35.4 Å². The highest BCUT2D eigenvalue weighted by molar-refractivity contribution is 6.01. The zero-order chi connectivity index (χ0) is 27.0. The molecule has 2 amide bonds. The maximum absolute atomic E-state index is 12.9. The minimum atomic E-state index is -1.00. The number of amides is 2. The van der Waals surface area contributed by atoms with Crippen LogP contribution < -0.4 is 20.1 Å². The molecule has 0 unspecified atom stereocenters. The summed E-state index contributed by atoms with van der Waals surface area (Å²) in [7, 11) is 0. The highest BCUT2D eigenvalue weighted by Gasteiger charge is 2.26. The zero-order valence-corrected chi connectivity index (χ0v) is 22.0. The number of carbonyl (C=O) groups is 2. The number of nitrogens with zero attached hydrogens (tertiary/aromatic N) is 3. The van der Waals surface area contributed by atoms with Gasteiger partial charge in [-0.1, -0.05) is 12.8 Å². The average Bonchev–Trinajstić information content (AvgIpc) is 3.14. The second-order valence-electron chi connectivity index (χ2n) is 9.68. The van der Waals surface area contributed by atoms with Gasteiger partial charge in [0, 0.05) is 26.6 Å². The summed E-state index contributed by atoms with van der Waals surface area (Å²) >= 11 is 0. The number of nitrogens with one attached hydrogen (secondary N) is 2. The van der Waals surface area contributed by atoms with Gasteiger partial charge in [-0.05, 0) is 45.7 Å². The molecule has 0 bridgehead atoms. The molecule has 0 aliphatic rings. The van der Waals surface area contributed by atoms with Gasteiger partial charge in [0.1, 0.15) is 18.2 Å². The third kappa shape index (κ3) is 7.69. The Balaban J connectivity index is 1.82. The second kappa shape index (κ2) is 12.6. The lowest BCUT2D eigenvalue weighted by Crippen LogP contribution is -2.45. The van der Waals surface area contributed by atoms with Crippen LogP contribution in [0.3, 0.4) is 0 Å². The van der Waals surface area contributed by atoms with Gasteiger partial charge in [0.2, 0.25) is 17.6 Å². The van der Waals surface area contributed by atoms with Gasteiger partial charge in [-0.2, -0.15) is 4.73 Å². The number of imidazole rings is 1. The summed E-state index contributed by atoms with van der Waals surface area (Å²) in [5, 5.41) is 27.6. The van der Waals surface area contributed by atoms with Crippen molar-refractivity contribution in [1.29, 1.82) is 0 Å². The molecule has 0 atom stereocenters. The largest absolute Gasteiger partial charge is 0.618 e. The van der Waals surface area contributed by atoms with Crippen LogP contribution in [0.1, 0.15) is 59.2 Å². The topological polar surface area (TPSA) is 142 Å². The van der Waals surface area contributed by atoms with Crippen LogP contribution in [0.15, 0.2) is 24.4 Å². The van der Waals surface area contributed by atoms with Gasteiger partial charge in [-0.25, -0.2) is 9.78 Å². The lowest BCUT2D eigenvalue weighted by atomic mass is 10.1. The number of aromatic nitrogens is 3. The third-order valence-corrected chi connectivity index (χ3v) is 5.89. The smallest absolute Gasteiger partial charge is 0.404 e. The van der Waals surface area contributed by atoms with Crippen molar-refractivity contribution in [3.8, 4) is 5.75 Å². The Morgan fingerprint density at radius 2 is 1.97 bits per heavy atom. The van der Waals surface area contributed by atoms with Gasteiger partial charge in [0.05, 0.1) is 29.1 Å². The molecule has 0 aliphatic carbocycles. The summed E-state index contributed by atoms with van der Waals surface area (Å²) in [4.78, 5) is 26.9. The first kappa shape index (κ1) is 28.0. The molecule has 0 fully saturated rings. The number of benzene rings is 1. The van der Waals surface area contributed by atoms with E-state index in [1.165, 1.54) is 13.1 Å². The SMILES string of the molecule is CCOCc1nc2c[n+]([O-])c3cc(OCCCCCCNC(=O)O)ccc3c2n1CC(C)(C)NC(C)=O. The first-order valence-corrected chi connectivity index (χ1v) is 12.6. The fourth-order valence-electron chi connectivity index (χ4n) is 4.41. The highest BCUT2D eigenvalue weighted by atomic mass is 16.5. The van der Waals surface area contributed by atoms with Gasteiger partial charge < -0.3 is 35.0 Å². The van der Waals surface area contributed by atoms with E-state index in [1.807, 2.05) is 37.5 Å². The maximum atomic E-state index is 12.9. The van der Waals surface area contributed by atoms with Gasteiger partial charge >= 0.3 is 6.09 Å². The van der Waals surface area contributed by atoms with Crippen LogP contribution in [0.4, 0.5) is 4.79 Å². The van der Waals surface area contributed by atoms with E-state index in [-0.39, 0.29) is 12.5 Å². The van der Waals surface area contributed by atoms with Crippen molar-refractivity contribution >= 4 is 33.9 Å². The third-order valence-electron chi connectivity index (χ3n) is 5.89. The number of ether oxygens (including phenoxy) is 2. The summed E-state index contributed by atoms with van der Waals surface area (Å²) in [6, 6.07) is 5.45. The Bertz CT molecular complexity index is 1240. The molecule has 0 saturated heterocycles. The number of rotatable bonds is 14. The lowest BCUT2D eigenvalue weighted by molar-refractivity contribution is -0.575. The van der Waals surface area contributed by atoms with Crippen LogP contribution in [-0.2, 0) is 22.7 Å². The van der Waals surface area contributed by atoms with Crippen molar-refractivity contribution in [3.63, 3.8) is 0 Å². The number of carboxylic acid groups (broad SMARTS) is 1. The van der Waals surface area contributed by atoms with Gasteiger partial charge in [-0.3, -0.25) is 4.79 Å². The molecule has 37 heavy (non-hydrogen) atoms. The number of unbranched alkanes of at least 4 members (excludes halogenated alkanes) is 3. The molecule has 1 aromatic carbocycles. The highest BCUT2D eigenvalue weighted by Crippen LogP contribution is 2.28. The average molecular weight is 516 g/mol. The van der Waals surface area contributed by atoms with Crippen molar-refractivity contribution in [2.75, 3.05) is 19.8 Å². The van der Waals surface area contributed by atoms with Gasteiger partial charge in [0.25, 0.3) is 0 Å². The van der Waals surface area contributed by atoms with Crippen molar-refractivity contribution in [1.82, 2.24) is 20.2 Å². The monoisotopic (exact) mass is 515 g/mol. The predicted octanol–water partition coefficient (Wildman–Crippen LogP) is 3.48. The van der Waals surface area contributed by atoms with Crippen LogP contribution in [0.2, 0.25) is 0 Å². The number of fused-ring (bicyclic) bond motifs is 3. The Morgan fingerprint density at radius 1 is 1.22 bits per heavy atom. The molecule has 3 N–H and O–H groups in total. The molecule has 11 nitrogen and oxygen atoms in total. The van der Waals surface area contributed by atoms with Crippen molar-refractivity contribution < 1.29 is 28.9 Å². The fraction of sp³-hybridized carbons (Fsp3) is 0.538. The number of hydrogen-bond acceptors (Lipinski definition) is 6. The van der Waals surface area contributed by atoms with Crippen LogP contribution >= 0.6 is 0 Å². The van der Waals surface area contributed by atoms with Crippen molar-refractivity contribution in [2.24, 2.45) is 0 Å². The van der Waals surface area contributed by atoms with Crippen molar-refractivity contribution in [2.45, 2.75) is 72.1 Å². The van der Waals surface area contributed by atoms with Gasteiger partial charge in [-0.15, -0.1) is 0 Å². The number of carbonyl (C=O) groups excluding carboxylic acids is 1. The summed E-state index contributed by atoms with van der Waals surface area (Å²) in [5.41, 5.74) is 1.27. The molecule has 0 aliphatic heterocycles. The van der Waals surface area contributed by atoms with Crippen LogP contribution in [0.5, 0.6) is 5.75 Å². The molecule has 11 heteroatoms. The summed E-state index contributed by atoms with van der Waals surface area (Å²) in [6.07, 6.45) is 3.90. The molecular formula is C26H37N5O6. The Hall–Kier alpha value is -3.60. The molecular weight excluding hydrogens is 478 g/mol. The molecule has 0 saturated carbocycles. The standard InChI is InChI=1S/C26H37N5O6/c1-5-36-16-23-28-21-15-31(35)22-14-19(37-13-9-7-6-8-12-27-25(33)34)10-11-20(22)24(21)30(23)17-26(3,4)29-18(2)32/h10-11,14-15,27H,5-9,12-13,16-17H2,1-4H3,(H,29,32)(H,33,34). The quantitative estimate of drug-likeness (QED) is 0.169. The summed E-state index contributed by atoms with van der Waals surface area (Å²) in [6.45, 7) is 9.50. The zero-order valence-electron chi connectivity index (χ0n) is 22.0. The molecule has 3 rings (SSSR count). The lowest BCUT2D eigenvalue weighted by Gasteiger charge is -2.27. The first-order valence-electron chi connectivity index (χ1n) is 12.6. The molecule has 0 spiro atoms. The van der Waals surface area contributed by atoms with Crippen LogP contribution in [0, 0.1) is 5.21 Å². The van der Waals surface area contributed by atoms with E-state index in [4.69, 9.17) is 14.6 Å². The summed E-state index contributed by atoms with van der Waals surface area (Å²) in [5.74, 6) is 1.16. The molecule has 0 radical (unpaired) electrons. The van der Waals surface area contributed by atoms with E-state index in [0.29, 0.717) is 48.9 Å². The van der Waals surface area contributed by atoms with E-state index in [0.717, 1.165) is 41.3 Å². The molecule has 2 aromatic heterocycles. The minimum absolute atomic E-state index is 0.123. The van der Waals surface area contributed by atoms with Crippen LogP contribution in [-0.4, -0.2) is 52.0 Å². The molecule has 2 heterocycles. The predicted molar refractivity (Wildman–Crippen MR) is 139 cm³/mol. The van der Waals surface area contributed by atoms with Crippen LogP contribution in [0.25, 0.3) is 21.9 Å². The minimum Gasteiger partial charge on any atom is -0.618 e. The Labute approximate surface area is 216 Å². The Morgan fingerprint density at radius 3 is 2.68 bits per heavy atom. The fourth-order valence-corrected chi connectivity index (χ4v) is 4.41. The van der Waals surface area contributed by atoms with E-state index < -0.39 is 11.6 Å². The number of hydrogen-bond donors (Lipinski definition) is 3. The first-order chi connectivity index (χ1) is 17.6. The van der Waals surface area contributed by atoms with E-state index >= 15 is 0 Å². The molecule has 3 aromatic rings. The van der Waals surface area contributed by atoms with Gasteiger partial charge in [0.15, 0.2) is 5.52 Å². The second-order valence-corrected chi connectivity index (χ2v) is 9.68. The summed E-state index contributed by atoms with van der Waals surface area (Å²) < 4.78 is 14.3. The van der Waals surface area contributed by atoms with E-state index in [1.54, 1.807) is 6.07 Å². The number of pyridine rings is 1. The Kier molecular flexibility index (Phi) is 9.51.